The highest BCUT2D eigenvalue weighted by Crippen LogP contribution is 2.29. The van der Waals surface area contributed by atoms with Gasteiger partial charge in [0.15, 0.2) is 0 Å². The van der Waals surface area contributed by atoms with Crippen molar-refractivity contribution in [3.05, 3.63) is 35.4 Å². The quantitative estimate of drug-likeness (QED) is 0.884. The molecule has 1 fully saturated rings. The number of benzene rings is 1. The summed E-state index contributed by atoms with van der Waals surface area (Å²) in [5, 5.41) is 0. The van der Waals surface area contributed by atoms with Crippen molar-refractivity contribution in [2.24, 2.45) is 5.73 Å². The molecule has 1 atom stereocenters. The molecule has 2 rings (SSSR count). The molecule has 0 spiro atoms. The summed E-state index contributed by atoms with van der Waals surface area (Å²) in [6.45, 7) is 6.82. The number of nitrogens with zero attached hydrogens (tertiary/aromatic N) is 1. The van der Waals surface area contributed by atoms with Crippen LogP contribution in [0.1, 0.15) is 50.7 Å². The Morgan fingerprint density at radius 1 is 1.26 bits per heavy atom. The van der Waals surface area contributed by atoms with Crippen LogP contribution in [0, 0.1) is 0 Å². The zero-order chi connectivity index (χ0) is 14.0. The normalized spacial score (nSPS) is 16.5. The summed E-state index contributed by atoms with van der Waals surface area (Å²) in [7, 11) is 0. The summed E-state index contributed by atoms with van der Waals surface area (Å²) >= 11 is 0. The molecule has 0 saturated heterocycles. The van der Waals surface area contributed by atoms with Crippen LogP contribution in [0.15, 0.2) is 24.3 Å². The van der Waals surface area contributed by atoms with E-state index < -0.39 is 6.04 Å². The molecular weight excluding hydrogens is 236 g/mol. The average molecular weight is 260 g/mol. The van der Waals surface area contributed by atoms with Crippen molar-refractivity contribution >= 4 is 5.91 Å². The topological polar surface area (TPSA) is 46.3 Å². The van der Waals surface area contributed by atoms with Gasteiger partial charge < -0.3 is 10.6 Å². The Hall–Kier alpha value is -1.35. The van der Waals surface area contributed by atoms with Gasteiger partial charge in [-0.25, -0.2) is 0 Å². The Balaban J connectivity index is 2.07. The zero-order valence-corrected chi connectivity index (χ0v) is 12.1. The highest BCUT2D eigenvalue weighted by Gasteiger charge is 2.33. The minimum Gasteiger partial charge on any atom is -0.334 e. The molecular formula is C16H24N2O. The lowest BCUT2D eigenvalue weighted by molar-refractivity contribution is -0.133. The minimum atomic E-state index is -0.407. The van der Waals surface area contributed by atoms with Crippen molar-refractivity contribution in [2.45, 2.75) is 58.2 Å². The monoisotopic (exact) mass is 260 g/mol. The molecule has 0 unspecified atom stereocenters. The number of carbonyl (C=O) groups excluding carboxylic acids is 1. The van der Waals surface area contributed by atoms with Gasteiger partial charge >= 0.3 is 0 Å². The molecule has 0 radical (unpaired) electrons. The molecule has 1 aliphatic carbocycles. The predicted octanol–water partition coefficient (Wildman–Crippen LogP) is 2.65. The number of hydrogen-bond acceptors (Lipinski definition) is 2. The van der Waals surface area contributed by atoms with Gasteiger partial charge in [0.05, 0.1) is 6.04 Å². The van der Waals surface area contributed by atoms with E-state index >= 15 is 0 Å². The van der Waals surface area contributed by atoms with E-state index in [0.29, 0.717) is 18.5 Å². The fourth-order valence-corrected chi connectivity index (χ4v) is 2.24. The van der Waals surface area contributed by atoms with Crippen molar-refractivity contribution in [1.82, 2.24) is 4.90 Å². The Morgan fingerprint density at radius 3 is 2.26 bits per heavy atom. The first kappa shape index (κ1) is 14.1. The van der Waals surface area contributed by atoms with Gasteiger partial charge in [-0.1, -0.05) is 38.1 Å². The fourth-order valence-electron chi connectivity index (χ4n) is 2.24. The molecule has 1 aliphatic rings. The van der Waals surface area contributed by atoms with Crippen LogP contribution in [0.25, 0.3) is 0 Å². The van der Waals surface area contributed by atoms with Crippen molar-refractivity contribution in [3.8, 4) is 0 Å². The lowest BCUT2D eigenvalue weighted by atomic mass is 10.0. The Morgan fingerprint density at radius 2 is 1.84 bits per heavy atom. The summed E-state index contributed by atoms with van der Waals surface area (Å²) < 4.78 is 0. The molecule has 3 nitrogen and oxygen atoms in total. The first-order valence-corrected chi connectivity index (χ1v) is 7.14. The molecule has 1 aromatic carbocycles. The van der Waals surface area contributed by atoms with E-state index in [1.165, 1.54) is 11.1 Å². The van der Waals surface area contributed by atoms with E-state index in [1.54, 1.807) is 6.92 Å². The second-order valence-electron chi connectivity index (χ2n) is 5.88. The Bertz CT molecular complexity index is 433. The summed E-state index contributed by atoms with van der Waals surface area (Å²) in [6, 6.07) is 8.56. The molecule has 104 valence electrons. The zero-order valence-electron chi connectivity index (χ0n) is 12.1. The van der Waals surface area contributed by atoms with Gasteiger partial charge in [-0.15, -0.1) is 0 Å². The Labute approximate surface area is 115 Å². The SMILES string of the molecule is CC(C)c1ccc(CN(C(=O)[C@H](C)N)C2CC2)cc1. The van der Waals surface area contributed by atoms with Crippen LogP contribution in [0.4, 0.5) is 0 Å². The van der Waals surface area contributed by atoms with Gasteiger partial charge in [0, 0.05) is 12.6 Å². The molecule has 0 aliphatic heterocycles. The molecule has 1 saturated carbocycles. The summed E-state index contributed by atoms with van der Waals surface area (Å²) in [6.07, 6.45) is 2.23. The van der Waals surface area contributed by atoms with Gasteiger partial charge in [0.1, 0.15) is 0 Å². The lowest BCUT2D eigenvalue weighted by Crippen LogP contribution is -2.42. The molecule has 3 heteroatoms. The fraction of sp³-hybridized carbons (Fsp3) is 0.562. The lowest BCUT2D eigenvalue weighted by Gasteiger charge is -2.24. The molecule has 1 aromatic rings. The first-order chi connectivity index (χ1) is 8.99. The van der Waals surface area contributed by atoms with E-state index in [1.807, 2.05) is 4.90 Å². The van der Waals surface area contributed by atoms with Crippen molar-refractivity contribution in [3.63, 3.8) is 0 Å². The molecule has 2 N–H and O–H groups in total. The first-order valence-electron chi connectivity index (χ1n) is 7.14. The average Bonchev–Trinajstić information content (AvgIpc) is 3.19. The third-order valence-electron chi connectivity index (χ3n) is 3.66. The largest absolute Gasteiger partial charge is 0.334 e. The standard InChI is InChI=1S/C16H24N2O/c1-11(2)14-6-4-13(5-7-14)10-18(15-8-9-15)16(19)12(3)17/h4-7,11-12,15H,8-10,17H2,1-3H3/t12-/m0/s1. The third kappa shape index (κ3) is 3.57. The van der Waals surface area contributed by atoms with Crippen molar-refractivity contribution < 1.29 is 4.79 Å². The van der Waals surface area contributed by atoms with Crippen LogP contribution in [-0.4, -0.2) is 22.9 Å². The van der Waals surface area contributed by atoms with Crippen LogP contribution in [-0.2, 0) is 11.3 Å². The number of carbonyl (C=O) groups is 1. The molecule has 0 heterocycles. The summed E-state index contributed by atoms with van der Waals surface area (Å²) in [5.41, 5.74) is 8.25. The highest BCUT2D eigenvalue weighted by molar-refractivity contribution is 5.81. The van der Waals surface area contributed by atoms with Gasteiger partial charge in [0.2, 0.25) is 5.91 Å². The van der Waals surface area contributed by atoms with Gasteiger partial charge in [-0.3, -0.25) is 4.79 Å². The molecule has 19 heavy (non-hydrogen) atoms. The van der Waals surface area contributed by atoms with Crippen LogP contribution >= 0.6 is 0 Å². The van der Waals surface area contributed by atoms with E-state index in [0.717, 1.165) is 12.8 Å². The Kier molecular flexibility index (Phi) is 4.25. The third-order valence-corrected chi connectivity index (χ3v) is 3.66. The van der Waals surface area contributed by atoms with Crippen LogP contribution in [0.5, 0.6) is 0 Å². The van der Waals surface area contributed by atoms with Gasteiger partial charge in [0.25, 0.3) is 0 Å². The second kappa shape index (κ2) is 5.74. The predicted molar refractivity (Wildman–Crippen MR) is 77.8 cm³/mol. The van der Waals surface area contributed by atoms with Crippen LogP contribution in [0.3, 0.4) is 0 Å². The number of nitrogens with two attached hydrogens (primary N) is 1. The second-order valence-corrected chi connectivity index (χ2v) is 5.88. The van der Waals surface area contributed by atoms with Gasteiger partial charge in [-0.2, -0.15) is 0 Å². The van der Waals surface area contributed by atoms with Gasteiger partial charge in [-0.05, 0) is 36.8 Å². The number of hydrogen-bond donors (Lipinski definition) is 1. The molecule has 1 amide bonds. The van der Waals surface area contributed by atoms with E-state index in [9.17, 15) is 4.79 Å². The highest BCUT2D eigenvalue weighted by atomic mass is 16.2. The minimum absolute atomic E-state index is 0.0652. The molecule has 0 bridgehead atoms. The summed E-state index contributed by atoms with van der Waals surface area (Å²) in [5.74, 6) is 0.606. The maximum absolute atomic E-state index is 12.1. The molecule has 0 aromatic heterocycles. The maximum atomic E-state index is 12.1. The van der Waals surface area contributed by atoms with E-state index in [2.05, 4.69) is 38.1 Å². The number of amides is 1. The smallest absolute Gasteiger partial charge is 0.239 e. The van der Waals surface area contributed by atoms with E-state index in [-0.39, 0.29) is 5.91 Å². The summed E-state index contributed by atoms with van der Waals surface area (Å²) in [4.78, 5) is 14.0. The van der Waals surface area contributed by atoms with Crippen molar-refractivity contribution in [2.75, 3.05) is 0 Å². The number of rotatable bonds is 5. The van der Waals surface area contributed by atoms with Crippen LogP contribution < -0.4 is 5.73 Å². The maximum Gasteiger partial charge on any atom is 0.239 e. The van der Waals surface area contributed by atoms with Crippen molar-refractivity contribution in [1.29, 1.82) is 0 Å². The van der Waals surface area contributed by atoms with E-state index in [4.69, 9.17) is 5.73 Å². The van der Waals surface area contributed by atoms with Crippen LogP contribution in [0.2, 0.25) is 0 Å².